The smallest absolute Gasteiger partial charge is 0.124 e. The monoisotopic (exact) mass is 222 g/mol. The van der Waals surface area contributed by atoms with E-state index in [1.54, 1.807) is 0 Å². The van der Waals surface area contributed by atoms with Crippen molar-refractivity contribution in [2.45, 2.75) is 43.4 Å². The molecule has 1 rings (SSSR count). The second kappa shape index (κ2) is 4.73. The van der Waals surface area contributed by atoms with Crippen LogP contribution in [0.3, 0.4) is 0 Å². The molecule has 0 bridgehead atoms. The molecule has 5 atom stereocenters. The zero-order valence-corrected chi connectivity index (χ0v) is 8.58. The second-order valence-electron chi connectivity index (χ2n) is 4.06. The van der Waals surface area contributed by atoms with Crippen LogP contribution in [-0.4, -0.2) is 68.8 Å². The molecule has 0 aromatic rings. The van der Waals surface area contributed by atoms with Gasteiger partial charge in [-0.25, -0.2) is 0 Å². The zero-order valence-electron chi connectivity index (χ0n) is 8.58. The minimum absolute atomic E-state index is 0.171. The highest BCUT2D eigenvalue weighted by Gasteiger charge is 2.50. The highest BCUT2D eigenvalue weighted by Crippen LogP contribution is 2.30. The van der Waals surface area contributed by atoms with Gasteiger partial charge in [-0.15, -0.1) is 0 Å². The van der Waals surface area contributed by atoms with Gasteiger partial charge < -0.3 is 30.3 Å². The summed E-state index contributed by atoms with van der Waals surface area (Å²) in [5.74, 6) is 0. The van der Waals surface area contributed by atoms with Crippen molar-refractivity contribution in [2.75, 3.05) is 13.2 Å². The molecule has 1 saturated heterocycles. The number of aliphatic hydroxyl groups excluding tert-OH is 4. The van der Waals surface area contributed by atoms with Gasteiger partial charge in [-0.05, 0) is 6.92 Å². The molecule has 0 radical (unpaired) electrons. The summed E-state index contributed by atoms with van der Waals surface area (Å²) >= 11 is 0. The summed E-state index contributed by atoms with van der Waals surface area (Å²) in [6.45, 7) is 0.822. The standard InChI is InChI=1S/C9H18O6/c1-5(11)2-9(14)7(12)4-15-6(3-10)8(9)13/h5-8,10-14H,2-4H2,1H3/t5?,6-,7+,8-,9+/m1/s1. The minimum Gasteiger partial charge on any atom is -0.394 e. The van der Waals surface area contributed by atoms with E-state index in [2.05, 4.69) is 0 Å². The van der Waals surface area contributed by atoms with Crippen molar-refractivity contribution in [3.05, 3.63) is 0 Å². The quantitative estimate of drug-likeness (QED) is 0.364. The second-order valence-corrected chi connectivity index (χ2v) is 4.06. The molecule has 1 heterocycles. The normalized spacial score (nSPS) is 44.0. The van der Waals surface area contributed by atoms with Crippen LogP contribution >= 0.6 is 0 Å². The maximum Gasteiger partial charge on any atom is 0.124 e. The largest absolute Gasteiger partial charge is 0.394 e. The maximum atomic E-state index is 10.0. The average molecular weight is 222 g/mol. The summed E-state index contributed by atoms with van der Waals surface area (Å²) in [6, 6.07) is 0. The molecule has 15 heavy (non-hydrogen) atoms. The average Bonchev–Trinajstić information content (AvgIpc) is 2.14. The van der Waals surface area contributed by atoms with E-state index in [4.69, 9.17) is 9.84 Å². The van der Waals surface area contributed by atoms with E-state index < -0.39 is 36.6 Å². The molecule has 0 saturated carbocycles. The Labute approximate surface area is 87.7 Å². The van der Waals surface area contributed by atoms with E-state index in [9.17, 15) is 20.4 Å². The molecule has 90 valence electrons. The fraction of sp³-hybridized carbons (Fsp3) is 1.00. The predicted molar refractivity (Wildman–Crippen MR) is 50.1 cm³/mol. The van der Waals surface area contributed by atoms with Crippen molar-refractivity contribution in [3.8, 4) is 0 Å². The van der Waals surface area contributed by atoms with Gasteiger partial charge in [0.2, 0.25) is 0 Å². The Hall–Kier alpha value is -0.240. The Bertz CT molecular complexity index is 209. The molecule has 5 N–H and O–H groups in total. The lowest BCUT2D eigenvalue weighted by atomic mass is 9.81. The highest BCUT2D eigenvalue weighted by atomic mass is 16.5. The van der Waals surface area contributed by atoms with Crippen molar-refractivity contribution in [3.63, 3.8) is 0 Å². The number of hydrogen-bond donors (Lipinski definition) is 5. The van der Waals surface area contributed by atoms with Crippen molar-refractivity contribution in [2.24, 2.45) is 0 Å². The van der Waals surface area contributed by atoms with Gasteiger partial charge in [-0.2, -0.15) is 0 Å². The van der Waals surface area contributed by atoms with Crippen LogP contribution in [-0.2, 0) is 4.74 Å². The van der Waals surface area contributed by atoms with Gasteiger partial charge in [0, 0.05) is 6.42 Å². The van der Waals surface area contributed by atoms with E-state index >= 15 is 0 Å². The van der Waals surface area contributed by atoms with Gasteiger partial charge >= 0.3 is 0 Å². The third-order valence-corrected chi connectivity index (χ3v) is 2.71. The highest BCUT2D eigenvalue weighted by molar-refractivity contribution is 5.00. The van der Waals surface area contributed by atoms with E-state index in [0.29, 0.717) is 0 Å². The Morgan fingerprint density at radius 2 is 2.07 bits per heavy atom. The van der Waals surface area contributed by atoms with E-state index in [1.807, 2.05) is 0 Å². The topological polar surface area (TPSA) is 110 Å². The fourth-order valence-electron chi connectivity index (χ4n) is 1.85. The van der Waals surface area contributed by atoms with E-state index in [0.717, 1.165) is 0 Å². The van der Waals surface area contributed by atoms with Crippen LogP contribution in [0.1, 0.15) is 13.3 Å². The first-order valence-electron chi connectivity index (χ1n) is 4.91. The lowest BCUT2D eigenvalue weighted by Gasteiger charge is -2.44. The van der Waals surface area contributed by atoms with E-state index in [1.165, 1.54) is 6.92 Å². The van der Waals surface area contributed by atoms with Crippen LogP contribution in [0.2, 0.25) is 0 Å². The number of hydrogen-bond acceptors (Lipinski definition) is 6. The van der Waals surface area contributed by atoms with Crippen LogP contribution in [0, 0.1) is 0 Å². The SMILES string of the molecule is CC(O)C[C@@]1(O)[C@H](O)[C@@H](CO)OC[C@@H]1O. The fourth-order valence-corrected chi connectivity index (χ4v) is 1.85. The van der Waals surface area contributed by atoms with Crippen molar-refractivity contribution < 1.29 is 30.3 Å². The lowest BCUT2D eigenvalue weighted by Crippen LogP contribution is -2.64. The molecular weight excluding hydrogens is 204 g/mol. The lowest BCUT2D eigenvalue weighted by molar-refractivity contribution is -0.254. The number of rotatable bonds is 3. The van der Waals surface area contributed by atoms with Gasteiger partial charge in [0.1, 0.15) is 23.9 Å². The summed E-state index contributed by atoms with van der Waals surface area (Å²) in [7, 11) is 0. The van der Waals surface area contributed by atoms with Crippen molar-refractivity contribution in [1.29, 1.82) is 0 Å². The Kier molecular flexibility index (Phi) is 4.05. The number of aliphatic hydroxyl groups is 5. The molecule has 0 aromatic carbocycles. The Morgan fingerprint density at radius 1 is 1.47 bits per heavy atom. The Morgan fingerprint density at radius 3 is 2.53 bits per heavy atom. The van der Waals surface area contributed by atoms with Crippen LogP contribution < -0.4 is 0 Å². The van der Waals surface area contributed by atoms with Gasteiger partial charge in [0.15, 0.2) is 0 Å². The summed E-state index contributed by atoms with van der Waals surface area (Å²) in [5.41, 5.74) is -1.83. The number of ether oxygens (including phenoxy) is 1. The molecule has 6 heteroatoms. The molecule has 0 aliphatic carbocycles. The van der Waals surface area contributed by atoms with Gasteiger partial charge in [-0.3, -0.25) is 0 Å². The molecule has 0 amide bonds. The van der Waals surface area contributed by atoms with Crippen LogP contribution in [0.4, 0.5) is 0 Å². The minimum atomic E-state index is -1.83. The van der Waals surface area contributed by atoms with Crippen LogP contribution in [0.25, 0.3) is 0 Å². The Balaban J connectivity index is 2.80. The summed E-state index contributed by atoms with van der Waals surface area (Å²) < 4.78 is 4.94. The maximum absolute atomic E-state index is 10.0. The van der Waals surface area contributed by atoms with Gasteiger partial charge in [0.25, 0.3) is 0 Å². The molecule has 0 aromatic heterocycles. The summed E-state index contributed by atoms with van der Waals surface area (Å²) in [5, 5.41) is 47.3. The molecule has 1 fully saturated rings. The first-order chi connectivity index (χ1) is 6.91. The molecular formula is C9H18O6. The van der Waals surface area contributed by atoms with Gasteiger partial charge in [-0.1, -0.05) is 0 Å². The van der Waals surface area contributed by atoms with Crippen LogP contribution in [0.15, 0.2) is 0 Å². The molecule has 6 nitrogen and oxygen atoms in total. The van der Waals surface area contributed by atoms with Crippen LogP contribution in [0.5, 0.6) is 0 Å². The third kappa shape index (κ3) is 2.47. The van der Waals surface area contributed by atoms with Gasteiger partial charge in [0.05, 0.1) is 19.3 Å². The third-order valence-electron chi connectivity index (χ3n) is 2.71. The first-order valence-corrected chi connectivity index (χ1v) is 4.91. The molecule has 1 aliphatic heterocycles. The summed E-state index contributed by atoms with van der Waals surface area (Å²) in [4.78, 5) is 0. The molecule has 1 aliphatic rings. The predicted octanol–water partition coefficient (Wildman–Crippen LogP) is -2.40. The first kappa shape index (κ1) is 12.8. The molecule has 1 unspecified atom stereocenters. The zero-order chi connectivity index (χ0) is 11.6. The van der Waals surface area contributed by atoms with Crippen molar-refractivity contribution >= 4 is 0 Å². The van der Waals surface area contributed by atoms with E-state index in [-0.39, 0.29) is 13.0 Å². The molecule has 0 spiro atoms. The summed E-state index contributed by atoms with van der Waals surface area (Å²) in [6.07, 6.45) is -4.66. The van der Waals surface area contributed by atoms with Crippen molar-refractivity contribution in [1.82, 2.24) is 0 Å².